The molecule has 3 amide bonds. The van der Waals surface area contributed by atoms with E-state index in [-0.39, 0.29) is 17.9 Å². The topological polar surface area (TPSA) is 61.4 Å². The summed E-state index contributed by atoms with van der Waals surface area (Å²) in [5.41, 5.74) is 2.37. The fraction of sp³-hybridized carbons (Fsp3) is 0.529. The predicted molar refractivity (Wildman–Crippen MR) is 91.2 cm³/mol. The third-order valence-corrected chi connectivity index (χ3v) is 3.46. The van der Waals surface area contributed by atoms with Crippen molar-refractivity contribution < 1.29 is 9.59 Å². The van der Waals surface area contributed by atoms with Crippen LogP contribution >= 0.6 is 0 Å². The molecule has 0 radical (unpaired) electrons. The minimum Gasteiger partial charge on any atom is -0.328 e. The van der Waals surface area contributed by atoms with Crippen molar-refractivity contribution >= 4 is 23.3 Å². The van der Waals surface area contributed by atoms with Gasteiger partial charge in [-0.1, -0.05) is 33.3 Å². The predicted octanol–water partition coefficient (Wildman–Crippen LogP) is 3.85. The van der Waals surface area contributed by atoms with Crippen LogP contribution in [0.4, 0.5) is 16.2 Å². The van der Waals surface area contributed by atoms with Crippen molar-refractivity contribution in [2.24, 2.45) is 5.92 Å². The highest BCUT2D eigenvalue weighted by molar-refractivity contribution is 5.94. The first-order valence-electron chi connectivity index (χ1n) is 7.78. The summed E-state index contributed by atoms with van der Waals surface area (Å²) in [5.74, 6) is -0.124. The number of hydrogen-bond donors (Lipinski definition) is 2. The van der Waals surface area contributed by atoms with E-state index in [9.17, 15) is 9.59 Å². The Morgan fingerprint density at radius 3 is 2.50 bits per heavy atom. The molecule has 0 aliphatic carbocycles. The summed E-state index contributed by atoms with van der Waals surface area (Å²) in [6, 6.07) is 5.38. The van der Waals surface area contributed by atoms with Gasteiger partial charge in [0.05, 0.1) is 0 Å². The number of anilines is 2. The third kappa shape index (κ3) is 5.39. The Bertz CT molecular complexity index is 527. The minimum absolute atomic E-state index is 0.0406. The van der Waals surface area contributed by atoms with Gasteiger partial charge in [0.15, 0.2) is 0 Å². The molecule has 0 aliphatic rings. The van der Waals surface area contributed by atoms with Gasteiger partial charge in [0.2, 0.25) is 5.91 Å². The molecule has 1 aromatic carbocycles. The summed E-state index contributed by atoms with van der Waals surface area (Å²) in [6.45, 7) is 8.43. The van der Waals surface area contributed by atoms with Crippen molar-refractivity contribution in [1.29, 1.82) is 0 Å². The largest absolute Gasteiger partial charge is 0.328 e. The van der Waals surface area contributed by atoms with Gasteiger partial charge in [-0.05, 0) is 31.0 Å². The first-order chi connectivity index (χ1) is 10.3. The number of unbranched alkanes of at least 4 members (excludes halogenated alkanes) is 1. The Morgan fingerprint density at radius 1 is 1.23 bits per heavy atom. The number of carbonyl (C=O) groups excluding carboxylic acids is 2. The van der Waals surface area contributed by atoms with Gasteiger partial charge in [-0.3, -0.25) is 4.79 Å². The van der Waals surface area contributed by atoms with E-state index < -0.39 is 0 Å². The molecule has 0 heterocycles. The molecule has 0 bridgehead atoms. The molecule has 0 saturated carbocycles. The van der Waals surface area contributed by atoms with E-state index in [0.29, 0.717) is 5.69 Å². The van der Waals surface area contributed by atoms with E-state index >= 15 is 0 Å². The molecule has 0 atom stereocenters. The molecule has 0 fully saturated rings. The summed E-state index contributed by atoms with van der Waals surface area (Å²) in [6.07, 6.45) is 2.03. The molecule has 1 aromatic rings. The quantitative estimate of drug-likeness (QED) is 0.838. The van der Waals surface area contributed by atoms with Gasteiger partial charge in [-0.2, -0.15) is 0 Å². The van der Waals surface area contributed by atoms with Crippen LogP contribution in [0.3, 0.4) is 0 Å². The molecule has 22 heavy (non-hydrogen) atoms. The van der Waals surface area contributed by atoms with Gasteiger partial charge >= 0.3 is 6.03 Å². The summed E-state index contributed by atoms with van der Waals surface area (Å²) in [4.78, 5) is 25.6. The van der Waals surface area contributed by atoms with Crippen LogP contribution in [0.1, 0.15) is 39.2 Å². The van der Waals surface area contributed by atoms with E-state index in [0.717, 1.165) is 30.6 Å². The zero-order chi connectivity index (χ0) is 16.7. The number of aryl methyl sites for hydroxylation is 1. The van der Waals surface area contributed by atoms with Gasteiger partial charge in [0.1, 0.15) is 0 Å². The van der Waals surface area contributed by atoms with Crippen LogP contribution in [0.15, 0.2) is 18.2 Å². The first kappa shape index (κ1) is 18.0. The summed E-state index contributed by atoms with van der Waals surface area (Å²) >= 11 is 0. The number of nitrogens with zero attached hydrogens (tertiary/aromatic N) is 1. The van der Waals surface area contributed by atoms with Crippen LogP contribution in [-0.4, -0.2) is 30.4 Å². The van der Waals surface area contributed by atoms with Gasteiger partial charge in [-0.15, -0.1) is 0 Å². The van der Waals surface area contributed by atoms with Crippen molar-refractivity contribution in [1.82, 2.24) is 4.90 Å². The van der Waals surface area contributed by atoms with Gasteiger partial charge < -0.3 is 15.5 Å². The Balaban J connectivity index is 2.77. The lowest BCUT2D eigenvalue weighted by molar-refractivity contribution is -0.118. The molecule has 0 aliphatic heterocycles. The van der Waals surface area contributed by atoms with Crippen LogP contribution in [0.25, 0.3) is 0 Å². The Hall–Kier alpha value is -2.04. The minimum atomic E-state index is -0.135. The Labute approximate surface area is 133 Å². The number of rotatable bonds is 6. The molecule has 0 spiro atoms. The molecule has 1 rings (SSSR count). The van der Waals surface area contributed by atoms with Crippen molar-refractivity contribution in [3.8, 4) is 0 Å². The average molecular weight is 305 g/mol. The maximum Gasteiger partial charge on any atom is 0.321 e. The summed E-state index contributed by atoms with van der Waals surface area (Å²) in [7, 11) is 1.78. The highest BCUT2D eigenvalue weighted by Gasteiger charge is 2.12. The van der Waals surface area contributed by atoms with Gasteiger partial charge in [0.25, 0.3) is 0 Å². The lowest BCUT2D eigenvalue weighted by Crippen LogP contribution is -2.32. The monoisotopic (exact) mass is 305 g/mol. The molecule has 122 valence electrons. The van der Waals surface area contributed by atoms with Gasteiger partial charge in [-0.25, -0.2) is 4.79 Å². The fourth-order valence-electron chi connectivity index (χ4n) is 1.83. The highest BCUT2D eigenvalue weighted by Crippen LogP contribution is 2.21. The Morgan fingerprint density at radius 2 is 1.91 bits per heavy atom. The lowest BCUT2D eigenvalue weighted by atomic mass is 10.1. The standard InChI is InChI=1S/C17H27N3O2/c1-6-7-10-20(5)17(22)19-15-11-14(9-8-13(15)4)18-16(21)12(2)3/h8-9,11-12H,6-7,10H2,1-5H3,(H,18,21)(H,19,22). The zero-order valence-electron chi connectivity index (χ0n) is 14.2. The van der Waals surface area contributed by atoms with Crippen molar-refractivity contribution in [2.75, 3.05) is 24.2 Å². The van der Waals surface area contributed by atoms with E-state index in [2.05, 4.69) is 17.6 Å². The molecular formula is C17H27N3O2. The van der Waals surface area contributed by atoms with E-state index in [1.165, 1.54) is 0 Å². The second kappa shape index (κ2) is 8.41. The number of nitrogens with one attached hydrogen (secondary N) is 2. The maximum atomic E-state index is 12.1. The molecule has 0 unspecified atom stereocenters. The number of amides is 3. The van der Waals surface area contributed by atoms with Crippen LogP contribution in [0.2, 0.25) is 0 Å². The molecule has 0 aromatic heterocycles. The average Bonchev–Trinajstić information content (AvgIpc) is 2.47. The van der Waals surface area contributed by atoms with Gasteiger partial charge in [0, 0.05) is 30.9 Å². The number of benzene rings is 1. The van der Waals surface area contributed by atoms with E-state index in [1.807, 2.05) is 32.9 Å². The molecule has 5 nitrogen and oxygen atoms in total. The fourth-order valence-corrected chi connectivity index (χ4v) is 1.83. The normalized spacial score (nSPS) is 10.5. The van der Waals surface area contributed by atoms with E-state index in [4.69, 9.17) is 0 Å². The van der Waals surface area contributed by atoms with Crippen molar-refractivity contribution in [3.63, 3.8) is 0 Å². The summed E-state index contributed by atoms with van der Waals surface area (Å²) in [5, 5.41) is 5.74. The number of hydrogen-bond acceptors (Lipinski definition) is 2. The highest BCUT2D eigenvalue weighted by atomic mass is 16.2. The molecule has 0 saturated heterocycles. The first-order valence-corrected chi connectivity index (χ1v) is 7.78. The smallest absolute Gasteiger partial charge is 0.321 e. The third-order valence-electron chi connectivity index (χ3n) is 3.46. The Kier molecular flexibility index (Phi) is 6.89. The number of carbonyl (C=O) groups is 2. The van der Waals surface area contributed by atoms with E-state index in [1.54, 1.807) is 18.0 Å². The van der Waals surface area contributed by atoms with Crippen LogP contribution < -0.4 is 10.6 Å². The molecule has 5 heteroatoms. The number of urea groups is 1. The van der Waals surface area contributed by atoms with Crippen LogP contribution in [0.5, 0.6) is 0 Å². The summed E-state index contributed by atoms with van der Waals surface area (Å²) < 4.78 is 0. The SMILES string of the molecule is CCCCN(C)C(=O)Nc1cc(NC(=O)C(C)C)ccc1C. The van der Waals surface area contributed by atoms with Crippen LogP contribution in [-0.2, 0) is 4.79 Å². The lowest BCUT2D eigenvalue weighted by Gasteiger charge is -2.19. The zero-order valence-corrected chi connectivity index (χ0v) is 14.2. The molecular weight excluding hydrogens is 278 g/mol. The van der Waals surface area contributed by atoms with Crippen LogP contribution in [0, 0.1) is 12.8 Å². The second-order valence-corrected chi connectivity index (χ2v) is 5.88. The molecule has 2 N–H and O–H groups in total. The second-order valence-electron chi connectivity index (χ2n) is 5.88. The maximum absolute atomic E-state index is 12.1. The van der Waals surface area contributed by atoms with Crippen molar-refractivity contribution in [2.45, 2.75) is 40.5 Å². The van der Waals surface area contributed by atoms with Crippen molar-refractivity contribution in [3.05, 3.63) is 23.8 Å².